The molecule has 0 amide bonds. The number of rotatable bonds is 3. The van der Waals surface area contributed by atoms with Gasteiger partial charge in [0.1, 0.15) is 5.71 Å². The van der Waals surface area contributed by atoms with Crippen molar-refractivity contribution in [1.82, 2.24) is 4.90 Å². The summed E-state index contributed by atoms with van der Waals surface area (Å²) in [5.41, 5.74) is 4.34. The molecule has 112 valence electrons. The predicted octanol–water partition coefficient (Wildman–Crippen LogP) is 3.61. The molecule has 1 fully saturated rings. The van der Waals surface area contributed by atoms with Gasteiger partial charge in [-0.2, -0.15) is 5.10 Å². The molecule has 1 heterocycles. The quantitative estimate of drug-likeness (QED) is 0.627. The zero-order chi connectivity index (χ0) is 15.2. The molecule has 0 N–H and O–H groups in total. The monoisotopic (exact) mass is 291 g/mol. The van der Waals surface area contributed by atoms with Gasteiger partial charge in [-0.3, -0.25) is 0 Å². The van der Waals surface area contributed by atoms with Crippen LogP contribution in [0.15, 0.2) is 70.9 Å². The van der Waals surface area contributed by atoms with Crippen LogP contribution >= 0.6 is 0 Å². The second-order valence-electron chi connectivity index (χ2n) is 5.65. The summed E-state index contributed by atoms with van der Waals surface area (Å²) in [5, 5.41) is 9.15. The van der Waals surface area contributed by atoms with E-state index in [-0.39, 0.29) is 0 Å². The van der Waals surface area contributed by atoms with E-state index in [4.69, 9.17) is 0 Å². The zero-order valence-electron chi connectivity index (χ0n) is 12.9. The van der Waals surface area contributed by atoms with Crippen molar-refractivity contribution in [3.8, 4) is 0 Å². The predicted molar refractivity (Wildman–Crippen MR) is 92.7 cm³/mol. The Balaban J connectivity index is 1.92. The van der Waals surface area contributed by atoms with Crippen molar-refractivity contribution in [3.63, 3.8) is 0 Å². The fourth-order valence-corrected chi connectivity index (χ4v) is 2.57. The Bertz CT molecular complexity index is 608. The van der Waals surface area contributed by atoms with E-state index in [9.17, 15) is 0 Å². The van der Waals surface area contributed by atoms with E-state index in [0.717, 1.165) is 42.8 Å². The molecule has 0 atom stereocenters. The normalized spacial score (nSPS) is 15.4. The molecule has 0 spiro atoms. The van der Waals surface area contributed by atoms with Crippen LogP contribution in [-0.2, 0) is 0 Å². The average molecular weight is 291 g/mol. The number of likely N-dealkylation sites (tertiary alicyclic amines) is 1. The van der Waals surface area contributed by atoms with E-state index in [1.807, 2.05) is 36.4 Å². The molecule has 1 aliphatic heterocycles. The van der Waals surface area contributed by atoms with Crippen LogP contribution in [-0.4, -0.2) is 36.5 Å². The highest BCUT2D eigenvalue weighted by atomic mass is 15.2. The Labute approximate surface area is 132 Å². The van der Waals surface area contributed by atoms with Crippen molar-refractivity contribution >= 4 is 11.4 Å². The lowest BCUT2D eigenvalue weighted by Crippen LogP contribution is -2.30. The first kappa shape index (κ1) is 14.7. The maximum Gasteiger partial charge on any atom is 0.100 e. The third-order valence-corrected chi connectivity index (χ3v) is 3.95. The summed E-state index contributed by atoms with van der Waals surface area (Å²) in [6.45, 7) is 2.14. The minimum Gasteiger partial charge on any atom is -0.306 e. The fourth-order valence-electron chi connectivity index (χ4n) is 2.57. The summed E-state index contributed by atoms with van der Waals surface area (Å²) >= 11 is 0. The Morgan fingerprint density at radius 3 is 1.82 bits per heavy atom. The van der Waals surface area contributed by atoms with Gasteiger partial charge in [0.2, 0.25) is 0 Å². The van der Waals surface area contributed by atoms with Gasteiger partial charge >= 0.3 is 0 Å². The topological polar surface area (TPSA) is 28.0 Å². The molecule has 3 nitrogen and oxygen atoms in total. The minimum absolute atomic E-state index is 0.938. The highest BCUT2D eigenvalue weighted by Gasteiger charge is 2.11. The van der Waals surface area contributed by atoms with E-state index in [1.165, 1.54) is 5.71 Å². The lowest BCUT2D eigenvalue weighted by atomic mass is 10.0. The molecule has 0 radical (unpaired) electrons. The summed E-state index contributed by atoms with van der Waals surface area (Å²) in [4.78, 5) is 2.33. The van der Waals surface area contributed by atoms with Crippen LogP contribution < -0.4 is 0 Å². The molecule has 22 heavy (non-hydrogen) atoms. The summed E-state index contributed by atoms with van der Waals surface area (Å²) < 4.78 is 0. The third-order valence-electron chi connectivity index (χ3n) is 3.95. The van der Waals surface area contributed by atoms with Gasteiger partial charge in [-0.25, -0.2) is 0 Å². The lowest BCUT2D eigenvalue weighted by Gasteiger charge is -2.22. The standard InChI is InChI=1S/C19H21N3/c1-22-14-12-18(13-15-22)20-21-19(16-8-4-2-5-9-16)17-10-6-3-7-11-17/h2-11H,12-15H2,1H3. The van der Waals surface area contributed by atoms with E-state index in [2.05, 4.69) is 46.4 Å². The van der Waals surface area contributed by atoms with Gasteiger partial charge in [-0.1, -0.05) is 60.7 Å². The van der Waals surface area contributed by atoms with Crippen molar-refractivity contribution < 1.29 is 0 Å². The Kier molecular flexibility index (Phi) is 4.76. The van der Waals surface area contributed by atoms with Gasteiger partial charge in [0.05, 0.1) is 0 Å². The van der Waals surface area contributed by atoms with E-state index < -0.39 is 0 Å². The molecular weight excluding hydrogens is 270 g/mol. The second-order valence-corrected chi connectivity index (χ2v) is 5.65. The zero-order valence-corrected chi connectivity index (χ0v) is 12.9. The molecule has 3 heteroatoms. The summed E-state index contributed by atoms with van der Waals surface area (Å²) in [7, 11) is 2.15. The summed E-state index contributed by atoms with van der Waals surface area (Å²) in [6.07, 6.45) is 2.02. The molecule has 0 aromatic heterocycles. The third kappa shape index (κ3) is 3.68. The molecule has 0 aliphatic carbocycles. The van der Waals surface area contributed by atoms with Crippen LogP contribution in [0.3, 0.4) is 0 Å². The Hall–Kier alpha value is -2.26. The first-order chi connectivity index (χ1) is 10.8. The largest absolute Gasteiger partial charge is 0.306 e. The molecular formula is C19H21N3. The van der Waals surface area contributed by atoms with Crippen molar-refractivity contribution in [2.75, 3.05) is 20.1 Å². The maximum absolute atomic E-state index is 4.60. The van der Waals surface area contributed by atoms with Gasteiger partial charge < -0.3 is 4.90 Å². The van der Waals surface area contributed by atoms with Crippen molar-refractivity contribution in [2.45, 2.75) is 12.8 Å². The first-order valence-corrected chi connectivity index (χ1v) is 7.76. The van der Waals surface area contributed by atoms with Crippen molar-refractivity contribution in [2.24, 2.45) is 10.2 Å². The van der Waals surface area contributed by atoms with Gasteiger partial charge in [0.25, 0.3) is 0 Å². The molecule has 2 aromatic rings. The van der Waals surface area contributed by atoms with Crippen LogP contribution in [0.2, 0.25) is 0 Å². The first-order valence-electron chi connectivity index (χ1n) is 7.76. The van der Waals surface area contributed by atoms with Crippen LogP contribution in [0, 0.1) is 0 Å². The molecule has 0 bridgehead atoms. The number of hydrogen-bond acceptors (Lipinski definition) is 3. The van der Waals surface area contributed by atoms with E-state index >= 15 is 0 Å². The molecule has 3 rings (SSSR count). The van der Waals surface area contributed by atoms with Gasteiger partial charge in [0, 0.05) is 42.8 Å². The van der Waals surface area contributed by atoms with Crippen LogP contribution in [0.4, 0.5) is 0 Å². The van der Waals surface area contributed by atoms with E-state index in [0.29, 0.717) is 0 Å². The Morgan fingerprint density at radius 1 is 0.818 bits per heavy atom. The summed E-state index contributed by atoms with van der Waals surface area (Å²) in [6, 6.07) is 20.5. The van der Waals surface area contributed by atoms with Gasteiger partial charge in [-0.15, -0.1) is 5.10 Å². The molecule has 0 saturated carbocycles. The van der Waals surface area contributed by atoms with Crippen LogP contribution in [0.25, 0.3) is 0 Å². The Morgan fingerprint density at radius 2 is 1.32 bits per heavy atom. The second kappa shape index (κ2) is 7.14. The van der Waals surface area contributed by atoms with Crippen molar-refractivity contribution in [1.29, 1.82) is 0 Å². The molecule has 1 aliphatic rings. The van der Waals surface area contributed by atoms with Gasteiger partial charge in [-0.05, 0) is 7.05 Å². The van der Waals surface area contributed by atoms with Gasteiger partial charge in [0.15, 0.2) is 0 Å². The number of benzene rings is 2. The number of piperidine rings is 1. The fraction of sp³-hybridized carbons (Fsp3) is 0.263. The van der Waals surface area contributed by atoms with Crippen LogP contribution in [0.5, 0.6) is 0 Å². The highest BCUT2D eigenvalue weighted by molar-refractivity contribution is 6.13. The highest BCUT2D eigenvalue weighted by Crippen LogP contribution is 2.12. The smallest absolute Gasteiger partial charge is 0.100 e. The van der Waals surface area contributed by atoms with Crippen LogP contribution in [0.1, 0.15) is 24.0 Å². The maximum atomic E-state index is 4.60. The SMILES string of the molecule is CN1CCC(=NN=C(c2ccccc2)c2ccccc2)CC1. The minimum atomic E-state index is 0.938. The molecule has 2 aromatic carbocycles. The van der Waals surface area contributed by atoms with E-state index in [1.54, 1.807) is 0 Å². The average Bonchev–Trinajstić information content (AvgIpc) is 2.59. The molecule has 0 unspecified atom stereocenters. The lowest BCUT2D eigenvalue weighted by molar-refractivity contribution is 0.336. The van der Waals surface area contributed by atoms with Crippen molar-refractivity contribution in [3.05, 3.63) is 71.8 Å². The number of hydrogen-bond donors (Lipinski definition) is 0. The summed E-state index contributed by atoms with van der Waals surface area (Å²) in [5.74, 6) is 0. The number of nitrogens with zero attached hydrogens (tertiary/aromatic N) is 3. The molecule has 1 saturated heterocycles.